The molecule has 0 saturated carbocycles. The highest BCUT2D eigenvalue weighted by atomic mass is 35.5. The Hall–Kier alpha value is -2.00. The van der Waals surface area contributed by atoms with Crippen molar-refractivity contribution in [3.8, 4) is 0 Å². The summed E-state index contributed by atoms with van der Waals surface area (Å²) in [7, 11) is 0. The largest absolute Gasteiger partial charge is 0.462 e. The Morgan fingerprint density at radius 3 is 2.89 bits per heavy atom. The molecule has 98 valence electrons. The van der Waals surface area contributed by atoms with E-state index in [0.29, 0.717) is 16.5 Å². The maximum atomic E-state index is 11.7. The van der Waals surface area contributed by atoms with Crippen molar-refractivity contribution in [3.63, 3.8) is 0 Å². The average Bonchev–Trinajstić information content (AvgIpc) is 2.84. The summed E-state index contributed by atoms with van der Waals surface area (Å²) < 4.78 is 5.46. The highest BCUT2D eigenvalue weighted by molar-refractivity contribution is 6.30. The van der Waals surface area contributed by atoms with E-state index >= 15 is 0 Å². The predicted molar refractivity (Wildman–Crippen MR) is 77.2 cm³/mol. The van der Waals surface area contributed by atoms with Crippen molar-refractivity contribution in [1.29, 1.82) is 0 Å². The highest BCUT2D eigenvalue weighted by Crippen LogP contribution is 2.15. The second-order valence-electron chi connectivity index (χ2n) is 3.99. The Kier molecular flexibility index (Phi) is 4.42. The van der Waals surface area contributed by atoms with Gasteiger partial charge in [-0.1, -0.05) is 24.6 Å². The van der Waals surface area contributed by atoms with Gasteiger partial charge in [0.05, 0.1) is 0 Å². The molecule has 1 aromatic heterocycles. The maximum absolute atomic E-state index is 11.7. The number of aryl methyl sites for hydroxylation is 1. The zero-order chi connectivity index (χ0) is 13.7. The molecule has 0 atom stereocenters. The van der Waals surface area contributed by atoms with E-state index in [1.807, 2.05) is 19.1 Å². The van der Waals surface area contributed by atoms with Crippen molar-refractivity contribution < 1.29 is 9.21 Å². The molecule has 0 aliphatic rings. The molecule has 0 unspecified atom stereocenters. The van der Waals surface area contributed by atoms with E-state index in [1.54, 1.807) is 30.3 Å². The van der Waals surface area contributed by atoms with Gasteiger partial charge in [0.2, 0.25) is 5.91 Å². The van der Waals surface area contributed by atoms with Crippen LogP contribution in [0, 0.1) is 0 Å². The first-order valence-corrected chi connectivity index (χ1v) is 6.38. The zero-order valence-corrected chi connectivity index (χ0v) is 11.3. The Bertz CT molecular complexity index is 602. The van der Waals surface area contributed by atoms with Gasteiger partial charge in [-0.3, -0.25) is 4.79 Å². The molecular formula is C15H14ClNO2. The molecule has 1 amide bonds. The number of anilines is 1. The molecule has 0 bridgehead atoms. The van der Waals surface area contributed by atoms with Gasteiger partial charge in [-0.25, -0.2) is 0 Å². The summed E-state index contributed by atoms with van der Waals surface area (Å²) in [5, 5.41) is 3.31. The normalized spacial score (nSPS) is 10.8. The number of halogens is 1. The third-order valence-corrected chi connectivity index (χ3v) is 2.76. The van der Waals surface area contributed by atoms with Gasteiger partial charge in [0.1, 0.15) is 11.5 Å². The van der Waals surface area contributed by atoms with Crippen LogP contribution >= 0.6 is 11.6 Å². The van der Waals surface area contributed by atoms with Gasteiger partial charge in [0, 0.05) is 23.2 Å². The fourth-order valence-electron chi connectivity index (χ4n) is 1.58. The lowest BCUT2D eigenvalue weighted by Crippen LogP contribution is -2.07. The molecule has 2 aromatic rings. The lowest BCUT2D eigenvalue weighted by molar-refractivity contribution is -0.111. The number of amides is 1. The minimum absolute atomic E-state index is 0.225. The number of rotatable bonds is 4. The van der Waals surface area contributed by atoms with Crippen LogP contribution in [0.2, 0.25) is 5.02 Å². The third kappa shape index (κ3) is 4.00. The van der Waals surface area contributed by atoms with Crippen LogP contribution in [-0.4, -0.2) is 5.91 Å². The van der Waals surface area contributed by atoms with E-state index in [4.69, 9.17) is 16.0 Å². The number of carbonyl (C=O) groups excluding carboxylic acids is 1. The van der Waals surface area contributed by atoms with Gasteiger partial charge in [-0.2, -0.15) is 0 Å². The quantitative estimate of drug-likeness (QED) is 0.852. The van der Waals surface area contributed by atoms with E-state index in [2.05, 4.69) is 5.32 Å². The Balaban J connectivity index is 1.97. The molecule has 4 heteroatoms. The SMILES string of the molecule is CCc1ccc(C=CC(=O)Nc2cccc(Cl)c2)o1. The summed E-state index contributed by atoms with van der Waals surface area (Å²) in [5.41, 5.74) is 0.663. The number of hydrogen-bond acceptors (Lipinski definition) is 2. The van der Waals surface area contributed by atoms with Crippen LogP contribution in [0.1, 0.15) is 18.4 Å². The van der Waals surface area contributed by atoms with Gasteiger partial charge >= 0.3 is 0 Å². The van der Waals surface area contributed by atoms with Gasteiger partial charge < -0.3 is 9.73 Å². The van der Waals surface area contributed by atoms with Crippen LogP contribution in [0.4, 0.5) is 5.69 Å². The molecule has 2 rings (SSSR count). The number of carbonyl (C=O) groups is 1. The van der Waals surface area contributed by atoms with E-state index in [1.165, 1.54) is 6.08 Å². The zero-order valence-electron chi connectivity index (χ0n) is 10.5. The third-order valence-electron chi connectivity index (χ3n) is 2.52. The molecule has 0 fully saturated rings. The molecule has 0 spiro atoms. The molecule has 0 radical (unpaired) electrons. The van der Waals surface area contributed by atoms with Gasteiger partial charge in [-0.15, -0.1) is 0 Å². The molecule has 0 aliphatic carbocycles. The van der Waals surface area contributed by atoms with Gasteiger partial charge in [0.25, 0.3) is 0 Å². The van der Waals surface area contributed by atoms with Gasteiger partial charge in [0.15, 0.2) is 0 Å². The molecule has 3 nitrogen and oxygen atoms in total. The van der Waals surface area contributed by atoms with E-state index in [9.17, 15) is 4.79 Å². The molecule has 1 aromatic carbocycles. The first kappa shape index (κ1) is 13.4. The summed E-state index contributed by atoms with van der Waals surface area (Å²) in [4.78, 5) is 11.7. The first-order valence-electron chi connectivity index (χ1n) is 6.00. The van der Waals surface area contributed by atoms with E-state index in [0.717, 1.165) is 12.2 Å². The van der Waals surface area contributed by atoms with Crippen LogP contribution in [0.25, 0.3) is 6.08 Å². The van der Waals surface area contributed by atoms with Crippen molar-refractivity contribution in [2.45, 2.75) is 13.3 Å². The second-order valence-corrected chi connectivity index (χ2v) is 4.43. The number of nitrogens with one attached hydrogen (secondary N) is 1. The monoisotopic (exact) mass is 275 g/mol. The topological polar surface area (TPSA) is 42.2 Å². The summed E-state index contributed by atoms with van der Waals surface area (Å²) >= 11 is 5.84. The summed E-state index contributed by atoms with van der Waals surface area (Å²) in [5.74, 6) is 1.34. The second kappa shape index (κ2) is 6.25. The number of furan rings is 1. The van der Waals surface area contributed by atoms with Crippen molar-refractivity contribution in [2.75, 3.05) is 5.32 Å². The Morgan fingerprint density at radius 2 is 2.21 bits per heavy atom. The van der Waals surface area contributed by atoms with Crippen molar-refractivity contribution in [1.82, 2.24) is 0 Å². The van der Waals surface area contributed by atoms with Crippen LogP contribution in [0.3, 0.4) is 0 Å². The minimum Gasteiger partial charge on any atom is -0.462 e. The van der Waals surface area contributed by atoms with Crippen molar-refractivity contribution >= 4 is 29.3 Å². The number of benzene rings is 1. The fourth-order valence-corrected chi connectivity index (χ4v) is 1.77. The molecule has 1 heterocycles. The van der Waals surface area contributed by atoms with Crippen LogP contribution in [-0.2, 0) is 11.2 Å². The summed E-state index contributed by atoms with van der Waals surface area (Å²) in [6.07, 6.45) is 3.90. The van der Waals surface area contributed by atoms with Crippen LogP contribution < -0.4 is 5.32 Å². The smallest absolute Gasteiger partial charge is 0.248 e. The first-order chi connectivity index (χ1) is 9.17. The molecule has 19 heavy (non-hydrogen) atoms. The minimum atomic E-state index is -0.225. The number of hydrogen-bond donors (Lipinski definition) is 1. The van der Waals surface area contributed by atoms with E-state index < -0.39 is 0 Å². The van der Waals surface area contributed by atoms with Gasteiger partial charge in [-0.05, 0) is 36.4 Å². The lowest BCUT2D eigenvalue weighted by Gasteiger charge is -2.01. The van der Waals surface area contributed by atoms with Crippen molar-refractivity contribution in [3.05, 3.63) is 59.0 Å². The van der Waals surface area contributed by atoms with Crippen LogP contribution in [0.5, 0.6) is 0 Å². The van der Waals surface area contributed by atoms with Crippen LogP contribution in [0.15, 0.2) is 46.9 Å². The average molecular weight is 276 g/mol. The Morgan fingerprint density at radius 1 is 1.37 bits per heavy atom. The maximum Gasteiger partial charge on any atom is 0.248 e. The van der Waals surface area contributed by atoms with Crippen molar-refractivity contribution in [2.24, 2.45) is 0 Å². The lowest BCUT2D eigenvalue weighted by atomic mass is 10.3. The molecule has 1 N–H and O–H groups in total. The fraction of sp³-hybridized carbons (Fsp3) is 0.133. The summed E-state index contributed by atoms with van der Waals surface area (Å²) in [6.45, 7) is 2.01. The van der Waals surface area contributed by atoms with E-state index in [-0.39, 0.29) is 5.91 Å². The molecular weight excluding hydrogens is 262 g/mol. The predicted octanol–water partition coefficient (Wildman–Crippen LogP) is 4.15. The standard InChI is InChI=1S/C15H14ClNO2/c1-2-13-6-7-14(19-13)8-9-15(18)17-12-5-3-4-11(16)10-12/h3-10H,2H2,1H3,(H,17,18). The molecule has 0 aliphatic heterocycles. The molecule has 0 saturated heterocycles. The summed E-state index contributed by atoms with van der Waals surface area (Å²) in [6, 6.07) is 10.7. The Labute approximate surface area is 116 Å². The highest BCUT2D eigenvalue weighted by Gasteiger charge is 2.00.